The van der Waals surface area contributed by atoms with Crippen molar-refractivity contribution in [3.8, 4) is 0 Å². The van der Waals surface area contributed by atoms with Gasteiger partial charge in [-0.1, -0.05) is 6.58 Å². The molecule has 0 bridgehead atoms. The van der Waals surface area contributed by atoms with Gasteiger partial charge < -0.3 is 5.11 Å². The minimum Gasteiger partial charge on any atom is -0.476 e. The lowest BCUT2D eigenvalue weighted by molar-refractivity contribution is 0.0689. The van der Waals surface area contributed by atoms with Crippen LogP contribution in [0.5, 0.6) is 0 Å². The van der Waals surface area contributed by atoms with E-state index in [4.69, 9.17) is 5.11 Å². The molecule has 0 saturated heterocycles. The van der Waals surface area contributed by atoms with Crippen LogP contribution in [0, 0.1) is 0 Å². The van der Waals surface area contributed by atoms with E-state index in [1.54, 1.807) is 18.3 Å². The van der Waals surface area contributed by atoms with E-state index in [0.717, 1.165) is 0 Å². The molecule has 1 N–H and O–H groups in total. The summed E-state index contributed by atoms with van der Waals surface area (Å²) in [6.45, 7) is 3.58. The first kappa shape index (κ1) is 8.43. The summed E-state index contributed by atoms with van der Waals surface area (Å²) < 4.78 is 1.44. The van der Waals surface area contributed by atoms with Crippen molar-refractivity contribution < 1.29 is 9.90 Å². The predicted octanol–water partition coefficient (Wildman–Crippen LogP) is 1.07. The van der Waals surface area contributed by atoms with E-state index >= 15 is 0 Å². The number of aromatic carboxylic acids is 1. The number of hydrogen-bond acceptors (Lipinski definition) is 3. The lowest BCUT2D eigenvalue weighted by Gasteiger charge is -1.96. The Morgan fingerprint density at radius 3 is 3.00 bits per heavy atom. The van der Waals surface area contributed by atoms with Gasteiger partial charge in [0.25, 0.3) is 0 Å². The zero-order chi connectivity index (χ0) is 10.1. The van der Waals surface area contributed by atoms with E-state index in [2.05, 4.69) is 16.7 Å². The van der Waals surface area contributed by atoms with Crippen LogP contribution in [-0.4, -0.2) is 25.7 Å². The maximum atomic E-state index is 10.6. The molecule has 5 heteroatoms. The highest BCUT2D eigenvalue weighted by Crippen LogP contribution is 2.06. The van der Waals surface area contributed by atoms with Gasteiger partial charge in [-0.05, 0) is 18.2 Å². The molecule has 0 aliphatic carbocycles. The lowest BCUT2D eigenvalue weighted by atomic mass is 10.4. The molecule has 2 aromatic heterocycles. The molecule has 5 nitrogen and oxygen atoms in total. The minimum atomic E-state index is -1.06. The summed E-state index contributed by atoms with van der Waals surface area (Å²) in [7, 11) is 0. The Hall–Kier alpha value is -2.17. The lowest BCUT2D eigenvalue weighted by Crippen LogP contribution is -2.05. The molecule has 2 rings (SSSR count). The Bertz CT molecular complexity index is 516. The highest BCUT2D eigenvalue weighted by atomic mass is 16.4. The zero-order valence-electron chi connectivity index (χ0n) is 7.21. The van der Waals surface area contributed by atoms with Gasteiger partial charge in [-0.2, -0.15) is 5.10 Å². The molecular weight excluding hydrogens is 182 g/mol. The molecule has 0 saturated carbocycles. The molecule has 0 atom stereocenters. The van der Waals surface area contributed by atoms with Crippen molar-refractivity contribution in [1.29, 1.82) is 0 Å². The van der Waals surface area contributed by atoms with Crippen LogP contribution in [0.15, 0.2) is 24.9 Å². The average molecular weight is 189 g/mol. The van der Waals surface area contributed by atoms with Crippen molar-refractivity contribution in [1.82, 2.24) is 14.6 Å². The molecule has 0 amide bonds. The molecule has 0 spiro atoms. The fourth-order valence-electron chi connectivity index (χ4n) is 1.14. The van der Waals surface area contributed by atoms with Crippen LogP contribution in [0.2, 0.25) is 0 Å². The van der Waals surface area contributed by atoms with E-state index in [1.807, 2.05) is 0 Å². The fraction of sp³-hybridized carbons (Fsp3) is 0. The van der Waals surface area contributed by atoms with Gasteiger partial charge in [0.05, 0.1) is 11.9 Å². The van der Waals surface area contributed by atoms with Gasteiger partial charge in [-0.15, -0.1) is 0 Å². The molecule has 2 aromatic rings. The second-order valence-electron chi connectivity index (χ2n) is 2.68. The van der Waals surface area contributed by atoms with Crippen LogP contribution in [0.25, 0.3) is 11.7 Å². The highest BCUT2D eigenvalue weighted by molar-refractivity contribution is 5.85. The quantitative estimate of drug-likeness (QED) is 0.767. The zero-order valence-corrected chi connectivity index (χ0v) is 7.21. The molecule has 0 fully saturated rings. The summed E-state index contributed by atoms with van der Waals surface area (Å²) in [5.41, 5.74) is 1.26. The van der Waals surface area contributed by atoms with Crippen LogP contribution >= 0.6 is 0 Å². The number of fused-ring (bicyclic) bond motifs is 1. The van der Waals surface area contributed by atoms with Crippen molar-refractivity contribution in [2.45, 2.75) is 0 Å². The third-order valence-corrected chi connectivity index (χ3v) is 1.82. The first-order chi connectivity index (χ1) is 6.72. The first-order valence-electron chi connectivity index (χ1n) is 3.93. The van der Waals surface area contributed by atoms with Gasteiger partial charge in [0, 0.05) is 0 Å². The van der Waals surface area contributed by atoms with Gasteiger partial charge in [0.15, 0.2) is 11.3 Å². The van der Waals surface area contributed by atoms with E-state index in [9.17, 15) is 4.79 Å². The first-order valence-corrected chi connectivity index (χ1v) is 3.93. The SMILES string of the molecule is C=Cc1cnc2ccc(C(=O)O)nn12. The molecule has 0 unspecified atom stereocenters. The summed E-state index contributed by atoms with van der Waals surface area (Å²) in [4.78, 5) is 14.7. The summed E-state index contributed by atoms with van der Waals surface area (Å²) in [6, 6.07) is 3.01. The summed E-state index contributed by atoms with van der Waals surface area (Å²) in [6.07, 6.45) is 3.15. The number of rotatable bonds is 2. The normalized spacial score (nSPS) is 10.3. The molecule has 70 valence electrons. The summed E-state index contributed by atoms with van der Waals surface area (Å²) in [5, 5.41) is 12.6. The Labute approximate surface area is 79.3 Å². The number of carboxylic acids is 1. The number of nitrogens with zero attached hydrogens (tertiary/aromatic N) is 3. The number of aromatic nitrogens is 3. The smallest absolute Gasteiger partial charge is 0.356 e. The van der Waals surface area contributed by atoms with Crippen LogP contribution in [0.4, 0.5) is 0 Å². The fourth-order valence-corrected chi connectivity index (χ4v) is 1.14. The molecule has 2 heterocycles. The van der Waals surface area contributed by atoms with Crippen LogP contribution in [0.3, 0.4) is 0 Å². The standard InChI is InChI=1S/C9H7N3O2/c1-2-6-5-10-8-4-3-7(9(13)14)11-12(6)8/h2-5H,1H2,(H,13,14). The topological polar surface area (TPSA) is 67.5 Å². The molecular formula is C9H7N3O2. The van der Waals surface area contributed by atoms with E-state index in [1.165, 1.54) is 10.6 Å². The van der Waals surface area contributed by atoms with Crippen LogP contribution in [0.1, 0.15) is 16.2 Å². The maximum absolute atomic E-state index is 10.6. The monoisotopic (exact) mass is 189 g/mol. The second-order valence-corrected chi connectivity index (χ2v) is 2.68. The number of carbonyl (C=O) groups is 1. The molecule has 14 heavy (non-hydrogen) atoms. The Morgan fingerprint density at radius 1 is 1.57 bits per heavy atom. The van der Waals surface area contributed by atoms with E-state index in [0.29, 0.717) is 11.3 Å². The van der Waals surface area contributed by atoms with Crippen molar-refractivity contribution in [2.24, 2.45) is 0 Å². The van der Waals surface area contributed by atoms with E-state index < -0.39 is 5.97 Å². The van der Waals surface area contributed by atoms with Crippen LogP contribution in [-0.2, 0) is 0 Å². The molecule has 0 aliphatic rings. The third-order valence-electron chi connectivity index (χ3n) is 1.82. The van der Waals surface area contributed by atoms with Gasteiger partial charge >= 0.3 is 5.97 Å². The van der Waals surface area contributed by atoms with Crippen molar-refractivity contribution in [2.75, 3.05) is 0 Å². The van der Waals surface area contributed by atoms with Gasteiger partial charge in [-0.25, -0.2) is 14.3 Å². The Kier molecular flexibility index (Phi) is 1.78. The van der Waals surface area contributed by atoms with Crippen molar-refractivity contribution in [3.63, 3.8) is 0 Å². The van der Waals surface area contributed by atoms with E-state index in [-0.39, 0.29) is 5.69 Å². The van der Waals surface area contributed by atoms with Crippen LogP contribution < -0.4 is 0 Å². The highest BCUT2D eigenvalue weighted by Gasteiger charge is 2.07. The second kappa shape index (κ2) is 2.95. The molecule has 0 radical (unpaired) electrons. The van der Waals surface area contributed by atoms with Gasteiger partial charge in [0.2, 0.25) is 0 Å². The number of imidazole rings is 1. The van der Waals surface area contributed by atoms with Crippen molar-refractivity contribution in [3.05, 3.63) is 36.3 Å². The third kappa shape index (κ3) is 1.15. The van der Waals surface area contributed by atoms with Gasteiger partial charge in [0.1, 0.15) is 0 Å². The molecule has 0 aliphatic heterocycles. The number of carboxylic acid groups (broad SMARTS) is 1. The minimum absolute atomic E-state index is 0.0152. The predicted molar refractivity (Wildman–Crippen MR) is 50.0 cm³/mol. The number of hydrogen-bond donors (Lipinski definition) is 1. The largest absolute Gasteiger partial charge is 0.476 e. The summed E-state index contributed by atoms with van der Waals surface area (Å²) in [5.74, 6) is -1.06. The Morgan fingerprint density at radius 2 is 2.36 bits per heavy atom. The Balaban J connectivity index is 2.73. The maximum Gasteiger partial charge on any atom is 0.356 e. The average Bonchev–Trinajstić information content (AvgIpc) is 2.59. The van der Waals surface area contributed by atoms with Gasteiger partial charge in [-0.3, -0.25) is 0 Å². The molecule has 0 aromatic carbocycles. The van der Waals surface area contributed by atoms with Crippen molar-refractivity contribution >= 4 is 17.7 Å². The summed E-state index contributed by atoms with van der Waals surface area (Å²) >= 11 is 0.